The van der Waals surface area contributed by atoms with E-state index < -0.39 is 0 Å². The Labute approximate surface area is 117 Å². The smallest absolute Gasteiger partial charge is 0.245 e. The topological polar surface area (TPSA) is 39.3 Å². The Balaban J connectivity index is 2.17. The van der Waals surface area contributed by atoms with Gasteiger partial charge in [-0.05, 0) is 22.8 Å². The van der Waals surface area contributed by atoms with Crippen LogP contribution in [0.3, 0.4) is 0 Å². The van der Waals surface area contributed by atoms with Crippen LogP contribution in [0, 0.1) is 6.92 Å². The van der Waals surface area contributed by atoms with E-state index >= 15 is 0 Å². The van der Waals surface area contributed by atoms with Crippen LogP contribution >= 0.6 is 0 Å². The summed E-state index contributed by atoms with van der Waals surface area (Å²) >= 11 is 0. The van der Waals surface area contributed by atoms with Crippen molar-refractivity contribution in [1.82, 2.24) is 0 Å². The molecule has 2 aromatic carbocycles. The molecule has 0 aliphatic rings. The summed E-state index contributed by atoms with van der Waals surface area (Å²) in [6.45, 7) is 1.94. The number of hydrogen-bond donors (Lipinski definition) is 0. The molecule has 0 aliphatic carbocycles. The molecule has 3 heteroatoms. The third-order valence-electron chi connectivity index (χ3n) is 3.21. The highest BCUT2D eigenvalue weighted by Gasteiger charge is 2.11. The highest BCUT2D eigenvalue weighted by Crippen LogP contribution is 2.10. The van der Waals surface area contributed by atoms with Gasteiger partial charge in [0.1, 0.15) is 0 Å². The molecule has 0 saturated heterocycles. The normalized spacial score (nSPS) is 11.8. The first-order valence-electron chi connectivity index (χ1n) is 6.47. The van der Waals surface area contributed by atoms with E-state index in [0.717, 1.165) is 16.6 Å². The molecule has 0 radical (unpaired) electrons. The summed E-state index contributed by atoms with van der Waals surface area (Å²) in [5, 5.41) is 17.5. The van der Waals surface area contributed by atoms with Crippen molar-refractivity contribution < 1.29 is 9.78 Å². The van der Waals surface area contributed by atoms with E-state index in [1.807, 2.05) is 61.5 Å². The number of rotatable bonds is 2. The molecule has 0 N–H and O–H groups in total. The van der Waals surface area contributed by atoms with E-state index in [0.29, 0.717) is 5.56 Å². The van der Waals surface area contributed by atoms with Gasteiger partial charge in [0.15, 0.2) is 0 Å². The summed E-state index contributed by atoms with van der Waals surface area (Å²) < 4.78 is 1.70. The Morgan fingerprint density at radius 3 is 2.40 bits per heavy atom. The van der Waals surface area contributed by atoms with E-state index in [1.54, 1.807) is 16.8 Å². The second-order valence-corrected chi connectivity index (χ2v) is 4.62. The van der Waals surface area contributed by atoms with Crippen LogP contribution in [0.5, 0.6) is 0 Å². The predicted molar refractivity (Wildman–Crippen MR) is 77.3 cm³/mol. The molecule has 1 heterocycles. The molecule has 0 spiro atoms. The number of aryl methyl sites for hydroxylation is 1. The number of benzene rings is 2. The molecule has 0 aliphatic heterocycles. The number of aromatic nitrogens is 1. The number of nitrogens with zero attached hydrogens (tertiary/aromatic N) is 2. The summed E-state index contributed by atoms with van der Waals surface area (Å²) in [4.78, 5) is 0. The minimum absolute atomic E-state index is 0.241. The second-order valence-electron chi connectivity index (χ2n) is 4.62. The van der Waals surface area contributed by atoms with E-state index in [1.165, 1.54) is 0 Å². The lowest BCUT2D eigenvalue weighted by atomic mass is 10.2. The van der Waals surface area contributed by atoms with Crippen molar-refractivity contribution in [1.29, 1.82) is 0 Å². The average molecular weight is 262 g/mol. The van der Waals surface area contributed by atoms with Gasteiger partial charge in [-0.15, -0.1) is 0 Å². The van der Waals surface area contributed by atoms with Gasteiger partial charge >= 0.3 is 0 Å². The number of para-hydroxylation sites is 1. The van der Waals surface area contributed by atoms with Gasteiger partial charge in [0.05, 0.1) is 5.90 Å². The number of hydrogen-bond acceptors (Lipinski definition) is 2. The van der Waals surface area contributed by atoms with Crippen molar-refractivity contribution >= 4 is 16.8 Å². The van der Waals surface area contributed by atoms with Crippen molar-refractivity contribution in [2.45, 2.75) is 6.92 Å². The predicted octanol–water partition coefficient (Wildman–Crippen LogP) is 2.01. The highest BCUT2D eigenvalue weighted by atomic mass is 16.3. The van der Waals surface area contributed by atoms with E-state index in [2.05, 4.69) is 5.10 Å². The highest BCUT2D eigenvalue weighted by molar-refractivity contribution is 5.90. The van der Waals surface area contributed by atoms with Crippen LogP contribution in [0.1, 0.15) is 11.3 Å². The van der Waals surface area contributed by atoms with Gasteiger partial charge in [0.2, 0.25) is 11.2 Å². The zero-order valence-corrected chi connectivity index (χ0v) is 11.2. The summed E-state index contributed by atoms with van der Waals surface area (Å²) in [5.74, 6) is -0.241. The summed E-state index contributed by atoms with van der Waals surface area (Å²) in [5.41, 5.74) is 2.44. The Kier molecular flexibility index (Phi) is 3.17. The molecule has 1 aromatic heterocycles. The molecular weight excluding hydrogens is 248 g/mol. The van der Waals surface area contributed by atoms with Crippen LogP contribution in [-0.4, -0.2) is 5.90 Å². The first-order valence-corrected chi connectivity index (χ1v) is 6.47. The Hall–Kier alpha value is -2.68. The van der Waals surface area contributed by atoms with Crippen molar-refractivity contribution in [3.05, 3.63) is 78.0 Å². The lowest BCUT2D eigenvalue weighted by Gasteiger charge is -2.07. The van der Waals surface area contributed by atoms with Crippen molar-refractivity contribution in [3.8, 4) is 0 Å². The third kappa shape index (κ3) is 2.26. The third-order valence-corrected chi connectivity index (χ3v) is 3.21. The van der Waals surface area contributed by atoms with Gasteiger partial charge in [-0.2, -0.15) is 0 Å². The van der Waals surface area contributed by atoms with Gasteiger partial charge in [-0.3, -0.25) is 0 Å². The molecule has 0 atom stereocenters. The zero-order chi connectivity index (χ0) is 13.9. The SMILES string of the molecule is Cc1ccc2ccccc2[n+]1/N=C(\[O-])c1ccccc1. The Bertz CT molecular complexity index is 779. The van der Waals surface area contributed by atoms with Crippen molar-refractivity contribution in [2.24, 2.45) is 5.10 Å². The average Bonchev–Trinajstić information content (AvgIpc) is 2.51. The molecule has 0 amide bonds. The van der Waals surface area contributed by atoms with Crippen LogP contribution < -0.4 is 9.78 Å². The number of pyridine rings is 1. The fraction of sp³-hybridized carbons (Fsp3) is 0.0588. The molecule has 98 valence electrons. The lowest BCUT2D eigenvalue weighted by Crippen LogP contribution is -2.37. The largest absolute Gasteiger partial charge is 0.854 e. The molecule has 20 heavy (non-hydrogen) atoms. The minimum Gasteiger partial charge on any atom is -0.854 e. The van der Waals surface area contributed by atoms with Crippen LogP contribution in [0.25, 0.3) is 10.9 Å². The monoisotopic (exact) mass is 262 g/mol. The van der Waals surface area contributed by atoms with E-state index in [4.69, 9.17) is 0 Å². The van der Waals surface area contributed by atoms with Gasteiger partial charge in [-0.25, -0.2) is 0 Å². The summed E-state index contributed by atoms with van der Waals surface area (Å²) in [6, 6.07) is 21.0. The van der Waals surface area contributed by atoms with E-state index in [9.17, 15) is 5.11 Å². The van der Waals surface area contributed by atoms with Gasteiger partial charge < -0.3 is 5.11 Å². The van der Waals surface area contributed by atoms with Gasteiger partial charge in [0.25, 0.3) is 0 Å². The molecule has 0 unspecified atom stereocenters. The first-order chi connectivity index (χ1) is 9.75. The fourth-order valence-electron chi connectivity index (χ4n) is 2.15. The Morgan fingerprint density at radius 2 is 1.60 bits per heavy atom. The van der Waals surface area contributed by atoms with Crippen LogP contribution in [0.2, 0.25) is 0 Å². The maximum absolute atomic E-state index is 12.2. The molecule has 3 aromatic rings. The summed E-state index contributed by atoms with van der Waals surface area (Å²) in [6.07, 6.45) is 0. The van der Waals surface area contributed by atoms with Gasteiger partial charge in [-0.1, -0.05) is 47.1 Å². The fourth-order valence-corrected chi connectivity index (χ4v) is 2.15. The molecule has 3 nitrogen and oxygen atoms in total. The maximum Gasteiger partial charge on any atom is 0.245 e. The molecule has 0 saturated carbocycles. The molecule has 3 rings (SSSR count). The van der Waals surface area contributed by atoms with Crippen molar-refractivity contribution in [2.75, 3.05) is 0 Å². The second kappa shape index (κ2) is 5.13. The summed E-state index contributed by atoms with van der Waals surface area (Å²) in [7, 11) is 0. The minimum atomic E-state index is -0.241. The molecular formula is C17H14N2O. The van der Waals surface area contributed by atoms with Crippen LogP contribution in [0.4, 0.5) is 0 Å². The standard InChI is InChI=1S/C17H14N2O/c1-13-11-12-14-7-5-6-10-16(14)19(13)18-17(20)15-8-3-2-4-9-15/h2-12H,1H3. The van der Waals surface area contributed by atoms with Crippen LogP contribution in [0.15, 0.2) is 71.8 Å². The van der Waals surface area contributed by atoms with Crippen LogP contribution in [-0.2, 0) is 0 Å². The zero-order valence-electron chi connectivity index (χ0n) is 11.2. The molecule has 0 fully saturated rings. The molecule has 0 bridgehead atoms. The van der Waals surface area contributed by atoms with E-state index in [-0.39, 0.29) is 5.90 Å². The lowest BCUT2D eigenvalue weighted by molar-refractivity contribution is -0.661. The maximum atomic E-state index is 12.2. The Morgan fingerprint density at radius 1 is 0.900 bits per heavy atom. The van der Waals surface area contributed by atoms with Gasteiger partial charge in [0, 0.05) is 24.4 Å². The number of fused-ring (bicyclic) bond motifs is 1. The van der Waals surface area contributed by atoms with Crippen molar-refractivity contribution in [3.63, 3.8) is 0 Å². The quantitative estimate of drug-likeness (QED) is 0.395. The first kappa shape index (κ1) is 12.4.